The summed E-state index contributed by atoms with van der Waals surface area (Å²) in [5, 5.41) is 2.75. The molecule has 0 aromatic heterocycles. The highest BCUT2D eigenvalue weighted by atomic mass is 16.5. The summed E-state index contributed by atoms with van der Waals surface area (Å²) in [6.45, 7) is 1.64. The van der Waals surface area contributed by atoms with Gasteiger partial charge in [-0.05, 0) is 37.3 Å². The third-order valence-corrected chi connectivity index (χ3v) is 2.98. The number of benzene rings is 2. The monoisotopic (exact) mass is 299 g/mol. The molecule has 0 aliphatic rings. The van der Waals surface area contributed by atoms with E-state index in [1.807, 2.05) is 18.2 Å². The molecule has 2 aromatic carbocycles. The molecule has 5 heteroatoms. The highest BCUT2D eigenvalue weighted by Crippen LogP contribution is 2.16. The van der Waals surface area contributed by atoms with Crippen LogP contribution in [0.2, 0.25) is 0 Å². The molecule has 114 valence electrons. The molecular weight excluding hydrogens is 282 g/mol. The van der Waals surface area contributed by atoms with E-state index in [2.05, 4.69) is 10.1 Å². The van der Waals surface area contributed by atoms with E-state index in [0.717, 1.165) is 0 Å². The Balaban J connectivity index is 2.00. The average molecular weight is 299 g/mol. The zero-order valence-corrected chi connectivity index (χ0v) is 12.4. The van der Waals surface area contributed by atoms with E-state index in [4.69, 9.17) is 4.74 Å². The van der Waals surface area contributed by atoms with Crippen molar-refractivity contribution in [1.82, 2.24) is 0 Å². The van der Waals surface area contributed by atoms with Gasteiger partial charge in [-0.1, -0.05) is 24.3 Å². The van der Waals surface area contributed by atoms with Gasteiger partial charge in [-0.25, -0.2) is 4.79 Å². The molecule has 0 saturated carbocycles. The number of amides is 1. The highest BCUT2D eigenvalue weighted by molar-refractivity contribution is 5.94. The van der Waals surface area contributed by atoms with Crippen LogP contribution < -0.4 is 10.1 Å². The van der Waals surface area contributed by atoms with Gasteiger partial charge in [0.1, 0.15) is 5.75 Å². The van der Waals surface area contributed by atoms with E-state index in [1.165, 1.54) is 13.2 Å². The molecular formula is C17H17NO4. The molecule has 2 rings (SSSR count). The zero-order valence-electron chi connectivity index (χ0n) is 12.4. The van der Waals surface area contributed by atoms with Crippen molar-refractivity contribution < 1.29 is 19.1 Å². The number of carbonyl (C=O) groups excluding carboxylic acids is 2. The second-order valence-electron chi connectivity index (χ2n) is 4.63. The first-order valence-corrected chi connectivity index (χ1v) is 6.81. The number of hydrogen-bond donors (Lipinski definition) is 1. The minimum absolute atomic E-state index is 0.269. The second kappa shape index (κ2) is 7.26. The predicted octanol–water partition coefficient (Wildman–Crippen LogP) is 2.88. The van der Waals surface area contributed by atoms with Crippen molar-refractivity contribution in [3.05, 3.63) is 60.2 Å². The van der Waals surface area contributed by atoms with Gasteiger partial charge >= 0.3 is 5.97 Å². The molecule has 2 aromatic rings. The van der Waals surface area contributed by atoms with Gasteiger partial charge in [0.25, 0.3) is 5.91 Å². The van der Waals surface area contributed by atoms with Crippen molar-refractivity contribution >= 4 is 17.6 Å². The molecule has 0 unspecified atom stereocenters. The van der Waals surface area contributed by atoms with E-state index >= 15 is 0 Å². The molecule has 1 atom stereocenters. The number of methoxy groups -OCH3 is 1. The van der Waals surface area contributed by atoms with Crippen LogP contribution in [0.25, 0.3) is 0 Å². The molecule has 0 aliphatic heterocycles. The topological polar surface area (TPSA) is 64.6 Å². The maximum absolute atomic E-state index is 12.1. The van der Waals surface area contributed by atoms with Crippen LogP contribution in [0.1, 0.15) is 17.3 Å². The van der Waals surface area contributed by atoms with Crippen molar-refractivity contribution in [2.24, 2.45) is 0 Å². The van der Waals surface area contributed by atoms with Gasteiger partial charge in [0.2, 0.25) is 0 Å². The smallest absolute Gasteiger partial charge is 0.337 e. The van der Waals surface area contributed by atoms with Crippen molar-refractivity contribution in [1.29, 1.82) is 0 Å². The van der Waals surface area contributed by atoms with Gasteiger partial charge in [-0.2, -0.15) is 0 Å². The van der Waals surface area contributed by atoms with Gasteiger partial charge < -0.3 is 14.8 Å². The van der Waals surface area contributed by atoms with Crippen LogP contribution in [0.5, 0.6) is 5.75 Å². The summed E-state index contributed by atoms with van der Waals surface area (Å²) < 4.78 is 10.2. The highest BCUT2D eigenvalue weighted by Gasteiger charge is 2.15. The van der Waals surface area contributed by atoms with Crippen LogP contribution in [-0.2, 0) is 9.53 Å². The van der Waals surface area contributed by atoms with E-state index < -0.39 is 12.1 Å². The third-order valence-electron chi connectivity index (χ3n) is 2.98. The number of anilines is 1. The van der Waals surface area contributed by atoms with Crippen molar-refractivity contribution in [2.75, 3.05) is 12.4 Å². The van der Waals surface area contributed by atoms with Crippen LogP contribution in [-0.4, -0.2) is 25.1 Å². The normalized spacial score (nSPS) is 11.4. The summed E-state index contributed by atoms with van der Waals surface area (Å²) in [4.78, 5) is 23.5. The fourth-order valence-corrected chi connectivity index (χ4v) is 1.84. The van der Waals surface area contributed by atoms with Crippen molar-refractivity contribution in [2.45, 2.75) is 13.0 Å². The first kappa shape index (κ1) is 15.6. The lowest BCUT2D eigenvalue weighted by molar-refractivity contribution is -0.122. The zero-order chi connectivity index (χ0) is 15.9. The molecule has 0 saturated heterocycles. The summed E-state index contributed by atoms with van der Waals surface area (Å²) in [7, 11) is 1.31. The van der Waals surface area contributed by atoms with Crippen molar-refractivity contribution in [3.63, 3.8) is 0 Å². The van der Waals surface area contributed by atoms with Crippen LogP contribution >= 0.6 is 0 Å². The van der Waals surface area contributed by atoms with E-state index in [9.17, 15) is 9.59 Å². The lowest BCUT2D eigenvalue weighted by atomic mass is 10.2. The Hall–Kier alpha value is -2.82. The standard InChI is InChI=1S/C17H17NO4/c1-12(16(19)18-14-8-4-3-5-9-14)22-15-10-6-7-13(11-15)17(20)21-2/h3-12H,1-2H3,(H,18,19)/t12-/m0/s1. The molecule has 0 heterocycles. The first-order valence-electron chi connectivity index (χ1n) is 6.81. The number of esters is 1. The second-order valence-corrected chi connectivity index (χ2v) is 4.63. The Morgan fingerprint density at radius 2 is 1.77 bits per heavy atom. The summed E-state index contributed by atoms with van der Waals surface area (Å²) in [6, 6.07) is 15.6. The first-order chi connectivity index (χ1) is 10.6. The van der Waals surface area contributed by atoms with Crippen LogP contribution in [0, 0.1) is 0 Å². The predicted molar refractivity (Wildman–Crippen MR) is 82.9 cm³/mol. The van der Waals surface area contributed by atoms with Gasteiger partial charge in [0, 0.05) is 5.69 Å². The number of rotatable bonds is 5. The van der Waals surface area contributed by atoms with Crippen LogP contribution in [0.4, 0.5) is 5.69 Å². The number of hydrogen-bond acceptors (Lipinski definition) is 4. The molecule has 0 aliphatic carbocycles. The quantitative estimate of drug-likeness (QED) is 0.862. The summed E-state index contributed by atoms with van der Waals surface area (Å²) in [5.41, 5.74) is 1.07. The van der Waals surface area contributed by atoms with Crippen LogP contribution in [0.15, 0.2) is 54.6 Å². The SMILES string of the molecule is COC(=O)c1cccc(O[C@@H](C)C(=O)Nc2ccccc2)c1. The molecule has 1 amide bonds. The van der Waals surface area contributed by atoms with Gasteiger partial charge in [-0.3, -0.25) is 4.79 Å². The third kappa shape index (κ3) is 4.09. The summed E-state index contributed by atoms with van der Waals surface area (Å²) >= 11 is 0. The average Bonchev–Trinajstić information content (AvgIpc) is 2.55. The van der Waals surface area contributed by atoms with E-state index in [-0.39, 0.29) is 5.91 Å². The fraction of sp³-hybridized carbons (Fsp3) is 0.176. The fourth-order valence-electron chi connectivity index (χ4n) is 1.84. The Bertz CT molecular complexity index is 655. The lowest BCUT2D eigenvalue weighted by Gasteiger charge is -2.15. The van der Waals surface area contributed by atoms with Gasteiger partial charge in [0.05, 0.1) is 12.7 Å². The number of para-hydroxylation sites is 1. The molecule has 0 radical (unpaired) electrons. The molecule has 0 spiro atoms. The lowest BCUT2D eigenvalue weighted by Crippen LogP contribution is -2.30. The largest absolute Gasteiger partial charge is 0.481 e. The van der Waals surface area contributed by atoms with E-state index in [0.29, 0.717) is 17.0 Å². The van der Waals surface area contributed by atoms with Crippen molar-refractivity contribution in [3.8, 4) is 5.75 Å². The van der Waals surface area contributed by atoms with Crippen LogP contribution in [0.3, 0.4) is 0 Å². The molecule has 22 heavy (non-hydrogen) atoms. The number of carbonyl (C=O) groups is 2. The Morgan fingerprint density at radius 1 is 1.05 bits per heavy atom. The van der Waals surface area contributed by atoms with E-state index in [1.54, 1.807) is 37.3 Å². The molecule has 0 fully saturated rings. The molecule has 0 bridgehead atoms. The summed E-state index contributed by atoms with van der Waals surface area (Å²) in [5.74, 6) is -0.292. The number of nitrogens with one attached hydrogen (secondary N) is 1. The summed E-state index contributed by atoms with van der Waals surface area (Å²) in [6.07, 6.45) is -0.701. The maximum atomic E-state index is 12.1. The van der Waals surface area contributed by atoms with Gasteiger partial charge in [-0.15, -0.1) is 0 Å². The minimum Gasteiger partial charge on any atom is -0.481 e. The number of ether oxygens (including phenoxy) is 2. The Labute approximate surface area is 128 Å². The maximum Gasteiger partial charge on any atom is 0.337 e. The Kier molecular flexibility index (Phi) is 5.14. The van der Waals surface area contributed by atoms with Gasteiger partial charge in [0.15, 0.2) is 6.10 Å². The Morgan fingerprint density at radius 3 is 2.45 bits per heavy atom. The molecule has 5 nitrogen and oxygen atoms in total. The molecule has 1 N–H and O–H groups in total. The minimum atomic E-state index is -0.701.